The van der Waals surface area contributed by atoms with Crippen LogP contribution in [0, 0.1) is 11.3 Å². The Morgan fingerprint density at radius 1 is 1.21 bits per heavy atom. The molecular weight excluding hydrogens is 240 g/mol. The van der Waals surface area contributed by atoms with Crippen molar-refractivity contribution in [2.45, 2.75) is 0 Å². The third-order valence-corrected chi connectivity index (χ3v) is 2.77. The number of anilines is 1. The normalized spacial score (nSPS) is 10.0. The molecule has 2 rings (SSSR count). The maximum Gasteiger partial charge on any atom is 0.101 e. The molecule has 0 radical (unpaired) electrons. The van der Waals surface area contributed by atoms with Crippen molar-refractivity contribution < 1.29 is 0 Å². The van der Waals surface area contributed by atoms with Gasteiger partial charge in [0.15, 0.2) is 0 Å². The number of nitrogens with two attached hydrogens (primary N) is 1. The monoisotopic (exact) mass is 246 g/mol. The van der Waals surface area contributed by atoms with E-state index >= 15 is 0 Å². The van der Waals surface area contributed by atoms with E-state index in [0.29, 0.717) is 11.3 Å². The number of nitriles is 1. The lowest BCUT2D eigenvalue weighted by molar-refractivity contribution is 1.49. The minimum absolute atomic E-state index is 0.634. The molecule has 2 aromatic carbocycles. The van der Waals surface area contributed by atoms with Gasteiger partial charge in [-0.3, -0.25) is 0 Å². The average molecular weight is 247 g/mol. The second kappa shape index (κ2) is 3.32. The highest BCUT2D eigenvalue weighted by Gasteiger charge is 2.07. The van der Waals surface area contributed by atoms with Crippen LogP contribution >= 0.6 is 15.9 Å². The highest BCUT2D eigenvalue weighted by atomic mass is 79.9. The van der Waals surface area contributed by atoms with Crippen molar-refractivity contribution in [3.63, 3.8) is 0 Å². The summed E-state index contributed by atoms with van der Waals surface area (Å²) in [4.78, 5) is 0. The molecule has 0 unspecified atom stereocenters. The fraction of sp³-hybridized carbons (Fsp3) is 0. The molecule has 0 heterocycles. The zero-order valence-electron chi connectivity index (χ0n) is 7.29. The molecule has 0 bridgehead atoms. The summed E-state index contributed by atoms with van der Waals surface area (Å²) in [7, 11) is 0. The Kier molecular flexibility index (Phi) is 2.14. The molecule has 0 atom stereocenters. The lowest BCUT2D eigenvalue weighted by Gasteiger charge is -2.05. The minimum atomic E-state index is 0.634. The largest absolute Gasteiger partial charge is 0.398 e. The van der Waals surface area contributed by atoms with Gasteiger partial charge < -0.3 is 5.73 Å². The van der Waals surface area contributed by atoms with Gasteiger partial charge in [-0.2, -0.15) is 5.26 Å². The van der Waals surface area contributed by atoms with Gasteiger partial charge in [0.2, 0.25) is 0 Å². The quantitative estimate of drug-likeness (QED) is 0.727. The van der Waals surface area contributed by atoms with E-state index in [4.69, 9.17) is 11.0 Å². The molecule has 0 fully saturated rings. The topological polar surface area (TPSA) is 49.8 Å². The number of rotatable bonds is 0. The number of benzene rings is 2. The summed E-state index contributed by atoms with van der Waals surface area (Å²) in [5.41, 5.74) is 7.16. The van der Waals surface area contributed by atoms with Gasteiger partial charge in [0, 0.05) is 20.9 Å². The van der Waals surface area contributed by atoms with Gasteiger partial charge in [-0.1, -0.05) is 24.3 Å². The number of nitrogen functional groups attached to an aromatic ring is 1. The van der Waals surface area contributed by atoms with Crippen LogP contribution in [0.4, 0.5) is 5.69 Å². The first kappa shape index (κ1) is 9.04. The molecule has 2 N–H and O–H groups in total. The standard InChI is InChI=1S/C11H7BrN2/c12-10-5-11(14)8-4-2-1-3-7(8)9(10)6-13/h1-5H,14H2. The number of hydrogen-bond acceptors (Lipinski definition) is 2. The molecule has 0 aromatic heterocycles. The van der Waals surface area contributed by atoms with Crippen LogP contribution in [0.3, 0.4) is 0 Å². The molecule has 0 saturated heterocycles. The van der Waals surface area contributed by atoms with Gasteiger partial charge in [-0.05, 0) is 22.0 Å². The Labute approximate surface area is 90.1 Å². The maximum absolute atomic E-state index is 8.99. The van der Waals surface area contributed by atoms with Crippen LogP contribution in [-0.2, 0) is 0 Å². The lowest BCUT2D eigenvalue weighted by atomic mass is 10.0. The van der Waals surface area contributed by atoms with Gasteiger partial charge in [-0.15, -0.1) is 0 Å². The first-order valence-corrected chi connectivity index (χ1v) is 4.90. The van der Waals surface area contributed by atoms with Gasteiger partial charge in [-0.25, -0.2) is 0 Å². The zero-order chi connectivity index (χ0) is 10.1. The molecule has 2 aromatic rings. The molecule has 3 heteroatoms. The van der Waals surface area contributed by atoms with Gasteiger partial charge in [0.05, 0.1) is 5.56 Å². The van der Waals surface area contributed by atoms with Crippen molar-refractivity contribution in [1.29, 1.82) is 5.26 Å². The third-order valence-electron chi connectivity index (χ3n) is 2.14. The van der Waals surface area contributed by atoms with Crippen molar-refractivity contribution in [2.24, 2.45) is 0 Å². The van der Waals surface area contributed by atoms with E-state index < -0.39 is 0 Å². The van der Waals surface area contributed by atoms with Crippen LogP contribution in [0.2, 0.25) is 0 Å². The number of halogens is 1. The zero-order valence-corrected chi connectivity index (χ0v) is 8.88. The third kappa shape index (κ3) is 1.24. The molecule has 2 nitrogen and oxygen atoms in total. The van der Waals surface area contributed by atoms with Crippen molar-refractivity contribution >= 4 is 32.4 Å². The SMILES string of the molecule is N#Cc1c(Br)cc(N)c2ccccc12. The van der Waals surface area contributed by atoms with Crippen molar-refractivity contribution in [1.82, 2.24) is 0 Å². The van der Waals surface area contributed by atoms with Crippen molar-refractivity contribution in [3.05, 3.63) is 40.4 Å². The van der Waals surface area contributed by atoms with Gasteiger partial charge in [0.1, 0.15) is 6.07 Å². The summed E-state index contributed by atoms with van der Waals surface area (Å²) < 4.78 is 0.746. The van der Waals surface area contributed by atoms with Crippen molar-refractivity contribution in [3.8, 4) is 6.07 Å². The molecule has 14 heavy (non-hydrogen) atoms. The second-order valence-corrected chi connectivity index (χ2v) is 3.83. The number of nitrogens with zero attached hydrogens (tertiary/aromatic N) is 1. The van der Waals surface area contributed by atoms with E-state index in [1.165, 1.54) is 0 Å². The Morgan fingerprint density at radius 2 is 1.86 bits per heavy atom. The lowest BCUT2D eigenvalue weighted by Crippen LogP contribution is -1.90. The molecule has 0 spiro atoms. The molecule has 0 aliphatic carbocycles. The van der Waals surface area contributed by atoms with E-state index in [0.717, 1.165) is 15.2 Å². The summed E-state index contributed by atoms with van der Waals surface area (Å²) >= 11 is 3.33. The van der Waals surface area contributed by atoms with E-state index in [-0.39, 0.29) is 0 Å². The van der Waals surface area contributed by atoms with E-state index in [1.807, 2.05) is 24.3 Å². The Balaban J connectivity index is 3.00. The first-order chi connectivity index (χ1) is 6.74. The summed E-state index contributed by atoms with van der Waals surface area (Å²) in [6.07, 6.45) is 0. The summed E-state index contributed by atoms with van der Waals surface area (Å²) in [5.74, 6) is 0. The van der Waals surface area contributed by atoms with Crippen LogP contribution < -0.4 is 5.73 Å². The van der Waals surface area contributed by atoms with Crippen LogP contribution in [0.5, 0.6) is 0 Å². The maximum atomic E-state index is 8.99. The van der Waals surface area contributed by atoms with E-state index in [2.05, 4.69) is 22.0 Å². The smallest absolute Gasteiger partial charge is 0.101 e. The molecule has 0 saturated carbocycles. The van der Waals surface area contributed by atoms with Crippen LogP contribution in [-0.4, -0.2) is 0 Å². The Hall–Kier alpha value is -1.53. The number of fused-ring (bicyclic) bond motifs is 1. The molecular formula is C11H7BrN2. The Bertz CT molecular complexity index is 541. The predicted octanol–water partition coefficient (Wildman–Crippen LogP) is 3.06. The van der Waals surface area contributed by atoms with E-state index in [9.17, 15) is 0 Å². The highest BCUT2D eigenvalue weighted by molar-refractivity contribution is 9.10. The average Bonchev–Trinajstić information content (AvgIpc) is 2.18. The minimum Gasteiger partial charge on any atom is -0.398 e. The molecule has 0 amide bonds. The highest BCUT2D eigenvalue weighted by Crippen LogP contribution is 2.30. The molecule has 0 aliphatic heterocycles. The van der Waals surface area contributed by atoms with E-state index in [1.54, 1.807) is 6.07 Å². The first-order valence-electron chi connectivity index (χ1n) is 4.11. The van der Waals surface area contributed by atoms with Gasteiger partial charge in [0.25, 0.3) is 0 Å². The predicted molar refractivity (Wildman–Crippen MR) is 60.8 cm³/mol. The fourth-order valence-electron chi connectivity index (χ4n) is 1.48. The summed E-state index contributed by atoms with van der Waals surface area (Å²) in [6.45, 7) is 0. The fourth-order valence-corrected chi connectivity index (χ4v) is 2.03. The second-order valence-electron chi connectivity index (χ2n) is 2.98. The Morgan fingerprint density at radius 3 is 2.50 bits per heavy atom. The summed E-state index contributed by atoms with van der Waals surface area (Å²) in [6, 6.07) is 11.5. The summed E-state index contributed by atoms with van der Waals surface area (Å²) in [5, 5.41) is 10.8. The number of hydrogen-bond donors (Lipinski definition) is 1. The molecule has 0 aliphatic rings. The van der Waals surface area contributed by atoms with Crippen LogP contribution in [0.1, 0.15) is 5.56 Å². The van der Waals surface area contributed by atoms with Gasteiger partial charge >= 0.3 is 0 Å². The van der Waals surface area contributed by atoms with Crippen LogP contribution in [0.15, 0.2) is 34.8 Å². The van der Waals surface area contributed by atoms with Crippen molar-refractivity contribution in [2.75, 3.05) is 5.73 Å². The molecule has 68 valence electrons. The van der Waals surface area contributed by atoms with Crippen LogP contribution in [0.25, 0.3) is 10.8 Å².